The van der Waals surface area contributed by atoms with Gasteiger partial charge in [0, 0.05) is 16.5 Å². The summed E-state index contributed by atoms with van der Waals surface area (Å²) >= 11 is 12.4. The molecule has 3 nitrogen and oxygen atoms in total. The number of hydrogen-bond acceptors (Lipinski definition) is 2. The van der Waals surface area contributed by atoms with Crippen molar-refractivity contribution in [3.63, 3.8) is 0 Å². The largest absolute Gasteiger partial charge is 0.481 e. The van der Waals surface area contributed by atoms with Gasteiger partial charge in [0.1, 0.15) is 5.78 Å². The van der Waals surface area contributed by atoms with Crippen molar-refractivity contribution in [3.05, 3.63) is 69.7 Å². The van der Waals surface area contributed by atoms with E-state index in [4.69, 9.17) is 28.3 Å². The molecule has 0 amide bonds. The molecule has 0 bridgehead atoms. The van der Waals surface area contributed by atoms with Crippen LogP contribution in [0.15, 0.2) is 48.5 Å². The van der Waals surface area contributed by atoms with Crippen LogP contribution in [0.4, 0.5) is 0 Å². The Morgan fingerprint density at radius 1 is 0.964 bits per heavy atom. The van der Waals surface area contributed by atoms with Gasteiger partial charge in [-0.25, -0.2) is 0 Å². The number of carboxylic acids is 1. The molecule has 2 rings (SSSR count). The van der Waals surface area contributed by atoms with E-state index >= 15 is 0 Å². The third-order valence-electron chi connectivity index (χ3n) is 5.25. The number of carbonyl (C=O) groups is 2. The number of carbonyl (C=O) groups excluding carboxylic acids is 1. The normalized spacial score (nSPS) is 13.1. The van der Waals surface area contributed by atoms with Crippen molar-refractivity contribution in [1.82, 2.24) is 0 Å². The van der Waals surface area contributed by atoms with Crippen molar-refractivity contribution in [3.8, 4) is 0 Å². The Kier molecular flexibility index (Phi) is 8.53. The fourth-order valence-electron chi connectivity index (χ4n) is 3.64. The number of carboxylic acid groups (broad SMARTS) is 1. The highest BCUT2D eigenvalue weighted by Crippen LogP contribution is 2.37. The minimum absolute atomic E-state index is 0.107. The summed E-state index contributed by atoms with van der Waals surface area (Å²) in [6.45, 7) is 1.64. The maximum absolute atomic E-state index is 12.9. The van der Waals surface area contributed by atoms with Gasteiger partial charge in [0.2, 0.25) is 0 Å². The van der Waals surface area contributed by atoms with Gasteiger partial charge in [0.25, 0.3) is 0 Å². The smallest absolute Gasteiger partial charge is 0.303 e. The molecule has 2 aromatic carbocycles. The van der Waals surface area contributed by atoms with Gasteiger partial charge in [-0.1, -0.05) is 78.9 Å². The van der Waals surface area contributed by atoms with E-state index in [9.17, 15) is 9.59 Å². The number of unbranched alkanes of at least 4 members (excludes halogenated alkanes) is 3. The summed E-state index contributed by atoms with van der Waals surface area (Å²) in [5.74, 6) is -0.657. The first-order valence-electron chi connectivity index (χ1n) is 9.57. The first-order valence-corrected chi connectivity index (χ1v) is 10.3. The third-order valence-corrected chi connectivity index (χ3v) is 5.84. The number of aliphatic carboxylic acids is 1. The molecule has 0 heterocycles. The van der Waals surface area contributed by atoms with Crippen LogP contribution in [0.2, 0.25) is 10.0 Å². The van der Waals surface area contributed by atoms with Crippen LogP contribution >= 0.6 is 23.2 Å². The summed E-state index contributed by atoms with van der Waals surface area (Å²) in [6.07, 6.45) is 4.64. The molecule has 5 heteroatoms. The lowest BCUT2D eigenvalue weighted by atomic mass is 9.69. The van der Waals surface area contributed by atoms with Crippen molar-refractivity contribution in [2.45, 2.75) is 57.3 Å². The SMILES string of the molecule is CC(=O)C(CCCCCCC(=O)O)(Cc1ccc(Cl)cc1Cl)c1ccccc1. The second kappa shape index (κ2) is 10.6. The van der Waals surface area contributed by atoms with Crippen LogP contribution in [-0.4, -0.2) is 16.9 Å². The van der Waals surface area contributed by atoms with Gasteiger partial charge < -0.3 is 5.11 Å². The van der Waals surface area contributed by atoms with E-state index in [1.165, 1.54) is 0 Å². The molecule has 0 spiro atoms. The molecular formula is C23H26Cl2O3. The van der Waals surface area contributed by atoms with E-state index in [-0.39, 0.29) is 12.2 Å². The van der Waals surface area contributed by atoms with E-state index < -0.39 is 11.4 Å². The Labute approximate surface area is 176 Å². The van der Waals surface area contributed by atoms with Crippen LogP contribution in [0, 0.1) is 0 Å². The van der Waals surface area contributed by atoms with Crippen molar-refractivity contribution in [2.24, 2.45) is 0 Å². The van der Waals surface area contributed by atoms with E-state index in [1.54, 1.807) is 19.1 Å². The highest BCUT2D eigenvalue weighted by atomic mass is 35.5. The molecule has 0 aliphatic heterocycles. The fourth-order valence-corrected chi connectivity index (χ4v) is 4.12. The lowest BCUT2D eigenvalue weighted by Gasteiger charge is -2.33. The highest BCUT2D eigenvalue weighted by Gasteiger charge is 2.37. The topological polar surface area (TPSA) is 54.4 Å². The van der Waals surface area contributed by atoms with E-state index in [0.717, 1.165) is 30.4 Å². The summed E-state index contributed by atoms with van der Waals surface area (Å²) in [5.41, 5.74) is 1.22. The highest BCUT2D eigenvalue weighted by molar-refractivity contribution is 6.35. The zero-order chi connectivity index (χ0) is 20.6. The average molecular weight is 421 g/mol. The maximum Gasteiger partial charge on any atom is 0.303 e. The number of benzene rings is 2. The number of hydrogen-bond donors (Lipinski definition) is 1. The predicted molar refractivity (Wildman–Crippen MR) is 114 cm³/mol. The van der Waals surface area contributed by atoms with Gasteiger partial charge in [-0.2, -0.15) is 0 Å². The lowest BCUT2D eigenvalue weighted by Crippen LogP contribution is -2.37. The molecule has 0 saturated carbocycles. The predicted octanol–water partition coefficient (Wildman–Crippen LogP) is 6.49. The Morgan fingerprint density at radius 2 is 1.64 bits per heavy atom. The first kappa shape index (κ1) is 22.4. The molecule has 150 valence electrons. The minimum atomic E-state index is -0.764. The molecule has 1 atom stereocenters. The van der Waals surface area contributed by atoms with Crippen molar-refractivity contribution >= 4 is 35.0 Å². The van der Waals surface area contributed by atoms with Crippen LogP contribution in [-0.2, 0) is 21.4 Å². The molecule has 0 radical (unpaired) electrons. The molecule has 0 aromatic heterocycles. The molecule has 1 unspecified atom stereocenters. The summed E-state index contributed by atoms with van der Waals surface area (Å²) in [6, 6.07) is 15.2. The second-order valence-corrected chi connectivity index (χ2v) is 8.07. The van der Waals surface area contributed by atoms with E-state index in [0.29, 0.717) is 29.3 Å². The van der Waals surface area contributed by atoms with E-state index in [2.05, 4.69) is 0 Å². The first-order chi connectivity index (χ1) is 13.3. The van der Waals surface area contributed by atoms with Gasteiger partial charge in [0.15, 0.2) is 0 Å². The zero-order valence-corrected chi connectivity index (χ0v) is 17.6. The molecule has 0 fully saturated rings. The van der Waals surface area contributed by atoms with Crippen LogP contribution in [0.3, 0.4) is 0 Å². The van der Waals surface area contributed by atoms with Crippen LogP contribution in [0.25, 0.3) is 0 Å². The van der Waals surface area contributed by atoms with Crippen LogP contribution < -0.4 is 0 Å². The summed E-state index contributed by atoms with van der Waals surface area (Å²) in [7, 11) is 0. The quantitative estimate of drug-likeness (QED) is 0.422. The third kappa shape index (κ3) is 6.08. The molecule has 0 aliphatic rings. The monoisotopic (exact) mass is 420 g/mol. The van der Waals surface area contributed by atoms with E-state index in [1.807, 2.05) is 36.4 Å². The minimum Gasteiger partial charge on any atom is -0.481 e. The molecule has 28 heavy (non-hydrogen) atoms. The van der Waals surface area contributed by atoms with Crippen molar-refractivity contribution in [1.29, 1.82) is 0 Å². The van der Waals surface area contributed by atoms with Crippen LogP contribution in [0.5, 0.6) is 0 Å². The molecular weight excluding hydrogens is 395 g/mol. The summed E-state index contributed by atoms with van der Waals surface area (Å²) in [4.78, 5) is 23.6. The number of Topliss-reactive ketones (excluding diaryl/α,β-unsaturated/α-hetero) is 1. The van der Waals surface area contributed by atoms with Gasteiger partial charge in [-0.3, -0.25) is 9.59 Å². The Morgan fingerprint density at radius 3 is 2.25 bits per heavy atom. The second-order valence-electron chi connectivity index (χ2n) is 7.22. The summed E-state index contributed by atoms with van der Waals surface area (Å²) in [5, 5.41) is 9.90. The molecule has 1 N–H and O–H groups in total. The number of ketones is 1. The summed E-state index contributed by atoms with van der Waals surface area (Å²) < 4.78 is 0. The number of rotatable bonds is 11. The maximum atomic E-state index is 12.9. The van der Waals surface area contributed by atoms with Gasteiger partial charge in [-0.15, -0.1) is 0 Å². The average Bonchev–Trinajstić information content (AvgIpc) is 2.65. The van der Waals surface area contributed by atoms with Gasteiger partial charge >= 0.3 is 5.97 Å². The van der Waals surface area contributed by atoms with Crippen molar-refractivity contribution < 1.29 is 14.7 Å². The molecule has 0 aliphatic carbocycles. The molecule has 2 aromatic rings. The Bertz CT molecular complexity index is 805. The van der Waals surface area contributed by atoms with Gasteiger partial charge in [0.05, 0.1) is 5.41 Å². The van der Waals surface area contributed by atoms with Crippen LogP contribution in [0.1, 0.15) is 56.6 Å². The van der Waals surface area contributed by atoms with Crippen molar-refractivity contribution in [2.75, 3.05) is 0 Å². The fraction of sp³-hybridized carbons (Fsp3) is 0.391. The lowest BCUT2D eigenvalue weighted by molar-refractivity contribution is -0.137. The standard InChI is InChI=1S/C23H26Cl2O3/c1-17(26)23(19-9-5-4-6-10-19,14-8-3-2-7-11-22(27)28)16-18-12-13-20(24)15-21(18)25/h4-6,9-10,12-13,15H,2-3,7-8,11,14,16H2,1H3,(H,27,28). The van der Waals surface area contributed by atoms with Gasteiger partial charge in [-0.05, 0) is 49.4 Å². The zero-order valence-electron chi connectivity index (χ0n) is 16.1. The Hall–Kier alpha value is -1.84. The molecule has 0 saturated heterocycles. The number of halogens is 2. The Balaban J connectivity index is 2.23.